The molecule has 1 amide bonds. The number of hydrogen-bond donors (Lipinski definition) is 0. The molecule has 1 aromatic carbocycles. The van der Waals surface area contributed by atoms with Crippen LogP contribution >= 0.6 is 11.6 Å². The van der Waals surface area contributed by atoms with E-state index in [2.05, 4.69) is 19.0 Å². The number of hydrogen-bond acceptors (Lipinski definition) is 9. The number of unbranched alkanes of at least 4 members (excludes halogenated alkanes) is 2. The van der Waals surface area contributed by atoms with Gasteiger partial charge in [0.2, 0.25) is 5.78 Å². The topological polar surface area (TPSA) is 105 Å². The second-order valence-electron chi connectivity index (χ2n) is 9.79. The van der Waals surface area contributed by atoms with Gasteiger partial charge < -0.3 is 28.6 Å². The molecule has 2 aliphatic heterocycles. The van der Waals surface area contributed by atoms with Gasteiger partial charge in [0, 0.05) is 30.3 Å². The summed E-state index contributed by atoms with van der Waals surface area (Å²) in [5.41, 5.74) is 0.874. The van der Waals surface area contributed by atoms with Crippen LogP contribution < -0.4 is 9.47 Å². The average molecular weight is 567 g/mol. The lowest BCUT2D eigenvalue weighted by molar-refractivity contribution is -0.141. The Morgan fingerprint density at radius 3 is 2.56 bits per heavy atom. The molecule has 0 aromatic heterocycles. The standard InChI is InChI=1S/C28H39ClN2O8/c1-5-7-11-31(12-8-6-2)27(33)39-30-24(15-29)26(32)21-13-20-9-10-22(14-25(20)36-19-34-16-21)35-17-23-18-37-28(3,4)38-23/h9-10,13-14,23H,5-8,11-12,15-19H2,1-4H3/b21-13+,30-24-. The zero-order valence-electron chi connectivity index (χ0n) is 23.2. The van der Waals surface area contributed by atoms with Gasteiger partial charge in [-0.2, -0.15) is 0 Å². The van der Waals surface area contributed by atoms with Gasteiger partial charge in [0.15, 0.2) is 12.6 Å². The van der Waals surface area contributed by atoms with Crippen LogP contribution in [0.3, 0.4) is 0 Å². The van der Waals surface area contributed by atoms with Crippen LogP contribution in [0.15, 0.2) is 28.9 Å². The first kappa shape index (κ1) is 30.9. The largest absolute Gasteiger partial charge is 0.491 e. The summed E-state index contributed by atoms with van der Waals surface area (Å²) in [6, 6.07) is 5.29. The molecule has 0 saturated carbocycles. The Morgan fingerprint density at radius 1 is 1.18 bits per heavy atom. The molecule has 1 fully saturated rings. The number of ether oxygens (including phenoxy) is 5. The Kier molecular flexibility index (Phi) is 12.0. The second kappa shape index (κ2) is 15.2. The maximum Gasteiger partial charge on any atom is 0.435 e. The first-order valence-electron chi connectivity index (χ1n) is 13.4. The molecule has 1 aromatic rings. The van der Waals surface area contributed by atoms with E-state index in [1.165, 1.54) is 0 Å². The van der Waals surface area contributed by atoms with Gasteiger partial charge in [0.05, 0.1) is 19.1 Å². The summed E-state index contributed by atoms with van der Waals surface area (Å²) < 4.78 is 28.4. The van der Waals surface area contributed by atoms with E-state index in [9.17, 15) is 9.59 Å². The van der Waals surface area contributed by atoms with Crippen LogP contribution in [-0.4, -0.2) is 80.0 Å². The fourth-order valence-electron chi connectivity index (χ4n) is 3.96. The maximum absolute atomic E-state index is 13.2. The monoisotopic (exact) mass is 566 g/mol. The van der Waals surface area contributed by atoms with E-state index in [0.29, 0.717) is 48.9 Å². The SMILES string of the molecule is CCCCN(CCCC)C(=O)O/N=C(/CCl)C(=O)/C1=C/c2ccc(OCC3COC(C)(C)O3)cc2OCOC1. The van der Waals surface area contributed by atoms with E-state index >= 15 is 0 Å². The molecule has 216 valence electrons. The van der Waals surface area contributed by atoms with Crippen LogP contribution in [0, 0.1) is 0 Å². The Morgan fingerprint density at radius 2 is 1.92 bits per heavy atom. The van der Waals surface area contributed by atoms with Crippen LogP contribution in [0.4, 0.5) is 4.79 Å². The molecule has 3 rings (SSSR count). The Labute approximate surface area is 235 Å². The zero-order chi connectivity index (χ0) is 28.3. The van der Waals surface area contributed by atoms with Crippen LogP contribution in [0.1, 0.15) is 58.9 Å². The Bertz CT molecular complexity index is 1030. The van der Waals surface area contributed by atoms with Gasteiger partial charge in [-0.3, -0.25) is 9.63 Å². The summed E-state index contributed by atoms with van der Waals surface area (Å²) in [7, 11) is 0. The molecule has 0 radical (unpaired) electrons. The number of alkyl halides is 1. The zero-order valence-corrected chi connectivity index (χ0v) is 24.0. The van der Waals surface area contributed by atoms with Gasteiger partial charge in [-0.15, -0.1) is 11.6 Å². The smallest absolute Gasteiger partial charge is 0.435 e. The van der Waals surface area contributed by atoms with Crippen molar-refractivity contribution in [3.63, 3.8) is 0 Å². The van der Waals surface area contributed by atoms with Crippen LogP contribution in [0.2, 0.25) is 0 Å². The molecular weight excluding hydrogens is 528 g/mol. The summed E-state index contributed by atoms with van der Waals surface area (Å²) >= 11 is 6.03. The van der Waals surface area contributed by atoms with Gasteiger partial charge in [0.25, 0.3) is 0 Å². The van der Waals surface area contributed by atoms with Crippen LogP contribution in [0.5, 0.6) is 11.5 Å². The van der Waals surface area contributed by atoms with Gasteiger partial charge in [-0.25, -0.2) is 4.79 Å². The number of fused-ring (bicyclic) bond motifs is 1. The predicted molar refractivity (Wildman–Crippen MR) is 147 cm³/mol. The van der Waals surface area contributed by atoms with E-state index in [0.717, 1.165) is 25.7 Å². The minimum absolute atomic E-state index is 0.0195. The lowest BCUT2D eigenvalue weighted by Gasteiger charge is -2.20. The first-order valence-corrected chi connectivity index (χ1v) is 13.9. The van der Waals surface area contributed by atoms with Crippen molar-refractivity contribution in [1.29, 1.82) is 0 Å². The number of Topliss-reactive ketones (excluding diaryl/α,β-unsaturated/α-hetero) is 1. The van der Waals surface area contributed by atoms with E-state index in [-0.39, 0.29) is 31.1 Å². The summed E-state index contributed by atoms with van der Waals surface area (Å²) in [5, 5.41) is 3.82. The molecule has 2 heterocycles. The number of oxime groups is 1. The lowest BCUT2D eigenvalue weighted by atomic mass is 10.0. The molecule has 1 unspecified atom stereocenters. The number of carbonyl (C=O) groups excluding carboxylic acids is 2. The van der Waals surface area contributed by atoms with E-state index in [4.69, 9.17) is 40.1 Å². The third kappa shape index (κ3) is 9.49. The van der Waals surface area contributed by atoms with Crippen molar-refractivity contribution >= 4 is 35.3 Å². The minimum Gasteiger partial charge on any atom is -0.491 e. The quantitative estimate of drug-likeness (QED) is 0.139. The molecule has 39 heavy (non-hydrogen) atoms. The number of benzene rings is 1. The molecule has 10 nitrogen and oxygen atoms in total. The molecule has 11 heteroatoms. The Balaban J connectivity index is 1.69. The van der Waals surface area contributed by atoms with E-state index in [1.807, 2.05) is 13.8 Å². The molecule has 0 N–H and O–H groups in total. The van der Waals surface area contributed by atoms with Crippen molar-refractivity contribution in [2.75, 3.05) is 45.6 Å². The van der Waals surface area contributed by atoms with Crippen molar-refractivity contribution in [2.45, 2.75) is 65.3 Å². The highest BCUT2D eigenvalue weighted by molar-refractivity contribution is 6.53. The molecule has 2 aliphatic rings. The fourth-order valence-corrected chi connectivity index (χ4v) is 4.13. The van der Waals surface area contributed by atoms with Gasteiger partial charge in [-0.1, -0.05) is 31.8 Å². The summed E-state index contributed by atoms with van der Waals surface area (Å²) in [6.45, 7) is 9.63. The van der Waals surface area contributed by atoms with Crippen molar-refractivity contribution in [3.05, 3.63) is 29.3 Å². The summed E-state index contributed by atoms with van der Waals surface area (Å²) in [6.07, 6.45) is 4.46. The molecular formula is C28H39ClN2O8. The summed E-state index contributed by atoms with van der Waals surface area (Å²) in [5.74, 6) is -0.260. The Hall–Kier alpha value is -2.66. The van der Waals surface area contributed by atoms with Crippen LogP contribution in [0.25, 0.3) is 6.08 Å². The second-order valence-corrected chi connectivity index (χ2v) is 10.1. The van der Waals surface area contributed by atoms with E-state index < -0.39 is 17.7 Å². The lowest BCUT2D eigenvalue weighted by Crippen LogP contribution is -2.33. The fraction of sp³-hybridized carbons (Fsp3) is 0.607. The number of halogens is 1. The summed E-state index contributed by atoms with van der Waals surface area (Å²) in [4.78, 5) is 32.6. The maximum atomic E-state index is 13.2. The molecule has 1 saturated heterocycles. The van der Waals surface area contributed by atoms with Gasteiger partial charge in [-0.05, 0) is 44.9 Å². The number of amides is 1. The number of nitrogens with zero attached hydrogens (tertiary/aromatic N) is 2. The third-order valence-corrected chi connectivity index (χ3v) is 6.36. The highest BCUT2D eigenvalue weighted by Gasteiger charge is 2.33. The van der Waals surface area contributed by atoms with Crippen molar-refractivity contribution < 1.29 is 38.1 Å². The first-order chi connectivity index (χ1) is 18.8. The van der Waals surface area contributed by atoms with Gasteiger partial charge in [0.1, 0.15) is 29.9 Å². The average Bonchev–Trinajstić information content (AvgIpc) is 3.26. The van der Waals surface area contributed by atoms with E-state index in [1.54, 1.807) is 29.2 Å². The molecule has 0 bridgehead atoms. The molecule has 1 atom stereocenters. The highest BCUT2D eigenvalue weighted by Crippen LogP contribution is 2.30. The van der Waals surface area contributed by atoms with Gasteiger partial charge >= 0.3 is 6.09 Å². The van der Waals surface area contributed by atoms with Crippen LogP contribution in [-0.2, 0) is 23.8 Å². The predicted octanol–water partition coefficient (Wildman–Crippen LogP) is 5.17. The van der Waals surface area contributed by atoms with Crippen molar-refractivity contribution in [3.8, 4) is 11.5 Å². The number of carbonyl (C=O) groups is 2. The molecule has 0 spiro atoms. The normalized spacial score (nSPS) is 20.1. The highest BCUT2D eigenvalue weighted by atomic mass is 35.5. The number of rotatable bonds is 13. The number of ketones is 1. The van der Waals surface area contributed by atoms with Crippen molar-refractivity contribution in [1.82, 2.24) is 4.90 Å². The third-order valence-electron chi connectivity index (χ3n) is 6.11. The van der Waals surface area contributed by atoms with Crippen molar-refractivity contribution in [2.24, 2.45) is 5.16 Å². The molecule has 0 aliphatic carbocycles. The minimum atomic E-state index is -0.624.